The molecule has 21 heteroatoms. The molecule has 42 heavy (non-hydrogen) atoms. The Morgan fingerprint density at radius 3 is 2.29 bits per heavy atom. The fourth-order valence-electron chi connectivity index (χ4n) is 3.59. The van der Waals surface area contributed by atoms with Gasteiger partial charge in [-0.3, -0.25) is 9.59 Å². The molecule has 1 aliphatic heterocycles. The van der Waals surface area contributed by atoms with E-state index in [1.165, 1.54) is 34.3 Å². The number of ether oxygens (including phenoxy) is 2. The van der Waals surface area contributed by atoms with Crippen LogP contribution in [0.15, 0.2) is 26.5 Å². The van der Waals surface area contributed by atoms with Crippen LogP contribution in [-0.4, -0.2) is 124 Å². The van der Waals surface area contributed by atoms with Crippen molar-refractivity contribution in [2.75, 3.05) is 74.9 Å². The Morgan fingerprint density at radius 2 is 1.69 bits per heavy atom. The number of fused-ring (bicyclic) bond motifs is 2. The molecule has 0 spiro atoms. The van der Waals surface area contributed by atoms with Gasteiger partial charge in [0, 0.05) is 26.4 Å². The molecule has 0 amide bonds. The maximum atomic E-state index is 11.6. The molecule has 4 aromatic rings. The second-order valence-corrected chi connectivity index (χ2v) is 12.3. The largest absolute Gasteiger partial charge is 0.480 e. The number of hydrogen-bond donors (Lipinski definition) is 2. The van der Waals surface area contributed by atoms with Crippen LogP contribution < -0.4 is 15.1 Å². The summed E-state index contributed by atoms with van der Waals surface area (Å²) >= 11 is 6.62. The monoisotopic (exact) mass is 733 g/mol. The number of rotatable bonds is 8. The molecule has 2 N–H and O–H groups in total. The number of anilines is 3. The highest BCUT2D eigenvalue weighted by molar-refractivity contribution is 9.11. The van der Waals surface area contributed by atoms with Gasteiger partial charge in [-0.2, -0.15) is 39.2 Å². The molecule has 1 saturated heterocycles. The molecule has 0 atom stereocenters. The zero-order valence-electron chi connectivity index (χ0n) is 22.4. The summed E-state index contributed by atoms with van der Waals surface area (Å²) in [6.07, 6.45) is 4.04. The molecule has 18 nitrogen and oxygen atoms in total. The van der Waals surface area contributed by atoms with Gasteiger partial charge in [-0.25, -0.2) is 8.42 Å². The molecule has 0 aromatic carbocycles. The average Bonchev–Trinajstić information content (AvgIpc) is 3.53. The number of esters is 1. The zero-order chi connectivity index (χ0) is 30.6. The highest BCUT2D eigenvalue weighted by atomic mass is 79.9. The van der Waals surface area contributed by atoms with E-state index in [1.54, 1.807) is 6.20 Å². The fourth-order valence-corrected chi connectivity index (χ4v) is 4.78. The van der Waals surface area contributed by atoms with Crippen molar-refractivity contribution in [2.45, 2.75) is 5.16 Å². The number of likely N-dealkylation sites (N-methyl/N-ethyl adjacent to an activating group) is 1. The third-order valence-electron chi connectivity index (χ3n) is 5.56. The normalized spacial score (nSPS) is 13.5. The van der Waals surface area contributed by atoms with Crippen LogP contribution in [0.5, 0.6) is 0 Å². The van der Waals surface area contributed by atoms with E-state index in [0.717, 1.165) is 23.8 Å². The third kappa shape index (κ3) is 7.20. The number of sulfone groups is 1. The SMILES string of the molecule is CN(CC(=O)O)c1nc(S(C)(=O)=O)nc2c(Br)cnn12.COC(=O)CNc1nc(N2CCOCC2)nc2c(Br)cnn12. The number of hydrogen-bond acceptors (Lipinski definition) is 15. The zero-order valence-corrected chi connectivity index (χ0v) is 26.4. The van der Waals surface area contributed by atoms with Crippen LogP contribution in [0.3, 0.4) is 0 Å². The van der Waals surface area contributed by atoms with Gasteiger partial charge >= 0.3 is 11.9 Å². The third-order valence-corrected chi connectivity index (χ3v) is 7.52. The van der Waals surface area contributed by atoms with Crippen molar-refractivity contribution in [3.8, 4) is 0 Å². The molecule has 0 bridgehead atoms. The quantitative estimate of drug-likeness (QED) is 0.230. The summed E-state index contributed by atoms with van der Waals surface area (Å²) in [4.78, 5) is 42.2. The van der Waals surface area contributed by atoms with Gasteiger partial charge < -0.3 is 29.7 Å². The van der Waals surface area contributed by atoms with Crippen molar-refractivity contribution in [1.82, 2.24) is 39.2 Å². The molecule has 226 valence electrons. The molecular formula is C21H25Br2N11O7S. The van der Waals surface area contributed by atoms with Gasteiger partial charge in [0.2, 0.25) is 27.7 Å². The summed E-state index contributed by atoms with van der Waals surface area (Å²) in [5, 5.41) is 19.5. The van der Waals surface area contributed by atoms with Crippen LogP contribution in [0.25, 0.3) is 11.3 Å². The number of methoxy groups -OCH3 is 1. The van der Waals surface area contributed by atoms with Crippen molar-refractivity contribution in [2.24, 2.45) is 0 Å². The Labute approximate surface area is 255 Å². The van der Waals surface area contributed by atoms with Gasteiger partial charge in [0.1, 0.15) is 13.1 Å². The van der Waals surface area contributed by atoms with Gasteiger partial charge in [0.25, 0.3) is 5.16 Å². The number of nitrogens with one attached hydrogen (secondary N) is 1. The number of carbonyl (C=O) groups is 2. The minimum Gasteiger partial charge on any atom is -0.480 e. The molecular weight excluding hydrogens is 710 g/mol. The maximum Gasteiger partial charge on any atom is 0.325 e. The molecule has 0 saturated carbocycles. The summed E-state index contributed by atoms with van der Waals surface area (Å²) in [5.41, 5.74) is 0.872. The van der Waals surface area contributed by atoms with Gasteiger partial charge in [-0.1, -0.05) is 0 Å². The van der Waals surface area contributed by atoms with Crippen LogP contribution in [0, 0.1) is 0 Å². The minimum absolute atomic E-state index is 0.00262. The summed E-state index contributed by atoms with van der Waals surface area (Å²) < 4.78 is 37.2. The van der Waals surface area contributed by atoms with E-state index in [0.29, 0.717) is 35.2 Å². The molecule has 1 aliphatic rings. The van der Waals surface area contributed by atoms with Crippen LogP contribution in [0.4, 0.5) is 17.8 Å². The first-order valence-corrected chi connectivity index (χ1v) is 15.5. The number of carboxylic acid groups (broad SMARTS) is 1. The van der Waals surface area contributed by atoms with E-state index in [-0.39, 0.29) is 30.7 Å². The van der Waals surface area contributed by atoms with Crippen LogP contribution in [0.1, 0.15) is 0 Å². The highest BCUT2D eigenvalue weighted by Crippen LogP contribution is 2.23. The van der Waals surface area contributed by atoms with Crippen LogP contribution in [-0.2, 0) is 28.9 Å². The van der Waals surface area contributed by atoms with E-state index in [2.05, 4.69) is 72.0 Å². The van der Waals surface area contributed by atoms with E-state index in [4.69, 9.17) is 9.84 Å². The lowest BCUT2D eigenvalue weighted by atomic mass is 10.4. The van der Waals surface area contributed by atoms with Crippen molar-refractivity contribution < 1.29 is 32.6 Å². The summed E-state index contributed by atoms with van der Waals surface area (Å²) in [7, 11) is -0.825. The number of aliphatic carboxylic acids is 1. The van der Waals surface area contributed by atoms with Crippen molar-refractivity contribution >= 4 is 82.8 Å². The molecule has 1 fully saturated rings. The average molecular weight is 735 g/mol. The lowest BCUT2D eigenvalue weighted by Crippen LogP contribution is -2.37. The van der Waals surface area contributed by atoms with Crippen LogP contribution >= 0.6 is 31.9 Å². The number of halogens is 2. The second-order valence-electron chi connectivity index (χ2n) is 8.66. The van der Waals surface area contributed by atoms with Crippen molar-refractivity contribution in [3.63, 3.8) is 0 Å². The van der Waals surface area contributed by atoms with Gasteiger partial charge in [0.05, 0.1) is 41.7 Å². The lowest BCUT2D eigenvalue weighted by molar-refractivity contribution is -0.138. The topological polar surface area (TPSA) is 212 Å². The molecule has 4 aromatic heterocycles. The Morgan fingerprint density at radius 1 is 1.07 bits per heavy atom. The number of carbonyl (C=O) groups excluding carboxylic acids is 1. The first-order chi connectivity index (χ1) is 19.9. The molecule has 0 aliphatic carbocycles. The van der Waals surface area contributed by atoms with Gasteiger partial charge in [-0.15, -0.1) is 0 Å². The summed E-state index contributed by atoms with van der Waals surface area (Å²) in [6, 6.07) is 0. The maximum absolute atomic E-state index is 11.6. The number of aromatic nitrogens is 8. The van der Waals surface area contributed by atoms with E-state index in [9.17, 15) is 18.0 Å². The first kappa shape index (κ1) is 31.3. The lowest BCUT2D eigenvalue weighted by Gasteiger charge is -2.27. The van der Waals surface area contributed by atoms with Gasteiger partial charge in [0.15, 0.2) is 11.3 Å². The van der Waals surface area contributed by atoms with E-state index >= 15 is 0 Å². The number of carboxylic acids is 1. The molecule has 5 rings (SSSR count). The molecule has 5 heterocycles. The van der Waals surface area contributed by atoms with Crippen molar-refractivity contribution in [3.05, 3.63) is 21.3 Å². The molecule has 0 unspecified atom stereocenters. The Hall–Kier alpha value is -3.69. The van der Waals surface area contributed by atoms with E-state index < -0.39 is 21.0 Å². The highest BCUT2D eigenvalue weighted by Gasteiger charge is 2.21. The minimum atomic E-state index is -3.63. The fraction of sp³-hybridized carbons (Fsp3) is 0.429. The molecule has 0 radical (unpaired) electrons. The Balaban J connectivity index is 0.000000194. The van der Waals surface area contributed by atoms with Crippen molar-refractivity contribution in [1.29, 1.82) is 0 Å². The van der Waals surface area contributed by atoms with E-state index in [1.807, 2.05) is 4.90 Å². The second kappa shape index (κ2) is 13.1. The predicted octanol–water partition coefficient (Wildman–Crippen LogP) is 0.119. The number of morpholine rings is 1. The van der Waals surface area contributed by atoms with Gasteiger partial charge in [-0.05, 0) is 31.9 Å². The van der Waals surface area contributed by atoms with Crippen LogP contribution in [0.2, 0.25) is 0 Å². The number of nitrogens with zero attached hydrogens (tertiary/aromatic N) is 10. The Bertz CT molecular complexity index is 1720. The smallest absolute Gasteiger partial charge is 0.325 e. The summed E-state index contributed by atoms with van der Waals surface area (Å²) in [6.45, 7) is 2.37. The first-order valence-electron chi connectivity index (χ1n) is 12.0. The Kier molecular flexibility index (Phi) is 9.74. The standard InChI is InChI=1S/C12H15BrN6O3.C9H10BrN5O4S/c1-21-9(20)7-14-11-17-12(18-2-4-22-5-3-18)16-10-8(13)6-15-19(10)11;1-14(4-6(16)17)9-13-8(20(2,18)19)12-7-5(10)3-11-15(7)9/h6H,2-5,7H2,1H3,(H,14,16,17);3H,4H2,1-2H3,(H,16,17). The predicted molar refractivity (Wildman–Crippen MR) is 155 cm³/mol. The summed E-state index contributed by atoms with van der Waals surface area (Å²) in [5.74, 6) is -0.382.